The van der Waals surface area contributed by atoms with Crippen LogP contribution in [0.4, 0.5) is 5.69 Å². The second-order valence-corrected chi connectivity index (χ2v) is 2.74. The lowest BCUT2D eigenvalue weighted by atomic mass is 10.5. The number of hydrogen-bond acceptors (Lipinski definition) is 4. The molecule has 2 rings (SSSR count). The molecule has 0 aromatic carbocycles. The molecule has 0 aliphatic carbocycles. The Morgan fingerprint density at radius 3 is 3.20 bits per heavy atom. The van der Waals surface area contributed by atoms with Gasteiger partial charge in [-0.05, 0) is 0 Å². The standard InChI is InChI=1S/C5H4N2O2S/c6-2-1-10-4-3(2)9-5(8)7-4/h1H,6H2,(H,7,8). The van der Waals surface area contributed by atoms with Gasteiger partial charge in [-0.25, -0.2) is 4.79 Å². The molecule has 5 heteroatoms. The van der Waals surface area contributed by atoms with Gasteiger partial charge in [-0.1, -0.05) is 0 Å². The first-order chi connectivity index (χ1) is 4.77. The van der Waals surface area contributed by atoms with Crippen molar-refractivity contribution in [3.05, 3.63) is 15.9 Å². The maximum atomic E-state index is 10.5. The summed E-state index contributed by atoms with van der Waals surface area (Å²) in [5.74, 6) is -0.450. The molecule has 0 bridgehead atoms. The molecule has 10 heavy (non-hydrogen) atoms. The van der Waals surface area contributed by atoms with E-state index in [1.807, 2.05) is 0 Å². The average molecular weight is 156 g/mol. The maximum absolute atomic E-state index is 10.5. The lowest BCUT2D eigenvalue weighted by molar-refractivity contribution is 0.556. The van der Waals surface area contributed by atoms with Crippen molar-refractivity contribution in [2.75, 3.05) is 5.73 Å². The zero-order valence-corrected chi connectivity index (χ0v) is 5.70. The van der Waals surface area contributed by atoms with E-state index in [0.29, 0.717) is 16.1 Å². The molecule has 0 amide bonds. The molecule has 0 spiro atoms. The third kappa shape index (κ3) is 0.577. The number of hydrogen-bond donors (Lipinski definition) is 2. The van der Waals surface area contributed by atoms with Crippen molar-refractivity contribution in [3.8, 4) is 0 Å². The van der Waals surface area contributed by atoms with Crippen molar-refractivity contribution in [3.63, 3.8) is 0 Å². The van der Waals surface area contributed by atoms with E-state index in [9.17, 15) is 4.79 Å². The van der Waals surface area contributed by atoms with Crippen LogP contribution in [0.3, 0.4) is 0 Å². The molecule has 3 N–H and O–H groups in total. The van der Waals surface area contributed by atoms with Crippen LogP contribution in [0.25, 0.3) is 10.4 Å². The van der Waals surface area contributed by atoms with Crippen LogP contribution in [-0.2, 0) is 0 Å². The van der Waals surface area contributed by atoms with Crippen molar-refractivity contribution in [1.29, 1.82) is 0 Å². The summed E-state index contributed by atoms with van der Waals surface area (Å²) < 4.78 is 4.71. The van der Waals surface area contributed by atoms with Gasteiger partial charge < -0.3 is 10.2 Å². The molecule has 0 atom stereocenters. The van der Waals surface area contributed by atoms with Gasteiger partial charge >= 0.3 is 5.76 Å². The van der Waals surface area contributed by atoms with Gasteiger partial charge in [0.2, 0.25) is 0 Å². The molecule has 0 aliphatic rings. The topological polar surface area (TPSA) is 72.0 Å². The van der Waals surface area contributed by atoms with E-state index < -0.39 is 5.76 Å². The second kappa shape index (κ2) is 1.63. The molecule has 2 heterocycles. The molecule has 2 aromatic rings. The van der Waals surface area contributed by atoms with Crippen LogP contribution in [0.1, 0.15) is 0 Å². The normalized spacial score (nSPS) is 10.8. The maximum Gasteiger partial charge on any atom is 0.418 e. The fourth-order valence-electron chi connectivity index (χ4n) is 0.763. The third-order valence-corrected chi connectivity index (χ3v) is 2.08. The van der Waals surface area contributed by atoms with Crippen molar-refractivity contribution >= 4 is 27.4 Å². The third-order valence-electron chi connectivity index (χ3n) is 1.18. The molecule has 4 nitrogen and oxygen atoms in total. The summed E-state index contributed by atoms with van der Waals surface area (Å²) in [7, 11) is 0. The van der Waals surface area contributed by atoms with Crippen LogP contribution in [-0.4, -0.2) is 4.98 Å². The Hall–Kier alpha value is -1.23. The highest BCUT2D eigenvalue weighted by atomic mass is 32.1. The average Bonchev–Trinajstić information content (AvgIpc) is 2.35. The highest BCUT2D eigenvalue weighted by Crippen LogP contribution is 2.24. The van der Waals surface area contributed by atoms with E-state index in [4.69, 9.17) is 10.2 Å². The summed E-state index contributed by atoms with van der Waals surface area (Å²) in [4.78, 5) is 13.7. The Labute approximate surface area is 59.3 Å². The second-order valence-electron chi connectivity index (χ2n) is 1.86. The number of rotatable bonds is 0. The largest absolute Gasteiger partial charge is 0.418 e. The zero-order chi connectivity index (χ0) is 7.14. The Balaban J connectivity index is 3.03. The van der Waals surface area contributed by atoms with Crippen LogP contribution < -0.4 is 11.5 Å². The number of nitrogen functional groups attached to an aromatic ring is 1. The van der Waals surface area contributed by atoms with Gasteiger partial charge in [-0.15, -0.1) is 11.3 Å². The highest BCUT2D eigenvalue weighted by molar-refractivity contribution is 7.17. The molecular weight excluding hydrogens is 152 g/mol. The van der Waals surface area contributed by atoms with Crippen LogP contribution in [0.2, 0.25) is 0 Å². The number of fused-ring (bicyclic) bond motifs is 1. The predicted octanol–water partition coefficient (Wildman–Crippen LogP) is 0.765. The number of aromatic amines is 1. The lowest BCUT2D eigenvalue weighted by Crippen LogP contribution is -1.93. The van der Waals surface area contributed by atoms with Gasteiger partial charge in [0, 0.05) is 5.38 Å². The molecule has 52 valence electrons. The van der Waals surface area contributed by atoms with Crippen molar-refractivity contribution < 1.29 is 4.42 Å². The molecule has 0 radical (unpaired) electrons. The molecular formula is C5H4N2O2S. The van der Waals surface area contributed by atoms with Gasteiger partial charge in [0.1, 0.15) is 4.83 Å². The molecule has 0 saturated heterocycles. The molecule has 0 aliphatic heterocycles. The minimum Gasteiger partial charge on any atom is -0.405 e. The SMILES string of the molecule is Nc1csc2[nH]c(=O)oc12. The summed E-state index contributed by atoms with van der Waals surface area (Å²) >= 11 is 1.36. The Kier molecular flexibility index (Phi) is 0.906. The number of anilines is 1. The van der Waals surface area contributed by atoms with E-state index in [2.05, 4.69) is 4.98 Å². The van der Waals surface area contributed by atoms with Crippen LogP contribution in [0.5, 0.6) is 0 Å². The summed E-state index contributed by atoms with van der Waals surface area (Å²) in [5, 5.41) is 1.73. The van der Waals surface area contributed by atoms with Crippen molar-refractivity contribution in [2.45, 2.75) is 0 Å². The van der Waals surface area contributed by atoms with E-state index in [0.717, 1.165) is 0 Å². The first-order valence-electron chi connectivity index (χ1n) is 2.63. The summed E-state index contributed by atoms with van der Waals surface area (Å²) in [6.45, 7) is 0. The monoisotopic (exact) mass is 156 g/mol. The summed E-state index contributed by atoms with van der Waals surface area (Å²) in [6.07, 6.45) is 0. The van der Waals surface area contributed by atoms with Gasteiger partial charge in [0.05, 0.1) is 5.69 Å². The Bertz CT molecular complexity index is 410. The predicted molar refractivity (Wildman–Crippen MR) is 39.1 cm³/mol. The van der Waals surface area contributed by atoms with Crippen molar-refractivity contribution in [2.24, 2.45) is 0 Å². The van der Waals surface area contributed by atoms with E-state index in [1.54, 1.807) is 5.38 Å². The van der Waals surface area contributed by atoms with Crippen LogP contribution >= 0.6 is 11.3 Å². The first kappa shape index (κ1) is 5.55. The number of oxazole rings is 1. The highest BCUT2D eigenvalue weighted by Gasteiger charge is 2.05. The smallest absolute Gasteiger partial charge is 0.405 e. The minimum atomic E-state index is -0.450. The summed E-state index contributed by atoms with van der Waals surface area (Å²) in [5.41, 5.74) is 6.43. The van der Waals surface area contributed by atoms with E-state index >= 15 is 0 Å². The van der Waals surface area contributed by atoms with Crippen LogP contribution in [0, 0.1) is 0 Å². The van der Waals surface area contributed by atoms with Gasteiger partial charge in [0.25, 0.3) is 0 Å². The molecule has 0 saturated carbocycles. The summed E-state index contributed by atoms with van der Waals surface area (Å²) in [6, 6.07) is 0. The zero-order valence-electron chi connectivity index (χ0n) is 4.88. The molecule has 2 aromatic heterocycles. The van der Waals surface area contributed by atoms with Crippen LogP contribution in [0.15, 0.2) is 14.6 Å². The minimum absolute atomic E-state index is 0.450. The van der Waals surface area contributed by atoms with E-state index in [-0.39, 0.29) is 0 Å². The Morgan fingerprint density at radius 1 is 1.70 bits per heavy atom. The number of nitrogens with two attached hydrogens (primary N) is 1. The lowest BCUT2D eigenvalue weighted by Gasteiger charge is -1.75. The first-order valence-corrected chi connectivity index (χ1v) is 3.51. The number of thiophene rings is 1. The number of H-pyrrole nitrogens is 1. The quantitative estimate of drug-likeness (QED) is 0.591. The molecule has 0 unspecified atom stereocenters. The van der Waals surface area contributed by atoms with Gasteiger partial charge in [0.15, 0.2) is 5.58 Å². The number of nitrogens with one attached hydrogen (secondary N) is 1. The fourth-order valence-corrected chi connectivity index (χ4v) is 1.52. The fraction of sp³-hybridized carbons (Fsp3) is 0. The van der Waals surface area contributed by atoms with Crippen molar-refractivity contribution in [1.82, 2.24) is 4.98 Å². The molecule has 0 fully saturated rings. The van der Waals surface area contributed by atoms with Gasteiger partial charge in [-0.2, -0.15) is 0 Å². The van der Waals surface area contributed by atoms with E-state index in [1.165, 1.54) is 11.3 Å². The number of aromatic nitrogens is 1. The van der Waals surface area contributed by atoms with Gasteiger partial charge in [-0.3, -0.25) is 4.98 Å². The Morgan fingerprint density at radius 2 is 2.50 bits per heavy atom.